The molecule has 1 aromatic heterocycles. The van der Waals surface area contributed by atoms with Crippen LogP contribution in [0.3, 0.4) is 0 Å². The first-order chi connectivity index (χ1) is 9.30. The minimum atomic E-state index is 0.619. The standard InChI is InChI=1S/C16H25N3/c1-2-3-14-8-13(10-17)9-16(18-14)19(15-6-7-15)11-12-4-5-12/h8-9,12,15H,2-7,10-11,17H2,1H3. The van der Waals surface area contributed by atoms with Crippen molar-refractivity contribution in [3.8, 4) is 0 Å². The lowest BCUT2D eigenvalue weighted by atomic mass is 10.1. The molecule has 1 aromatic rings. The van der Waals surface area contributed by atoms with Crippen LogP contribution < -0.4 is 10.6 Å². The Bertz CT molecular complexity index is 436. The lowest BCUT2D eigenvalue weighted by Gasteiger charge is -2.24. The lowest BCUT2D eigenvalue weighted by Crippen LogP contribution is -2.29. The molecule has 0 radical (unpaired) electrons. The highest BCUT2D eigenvalue weighted by Crippen LogP contribution is 2.37. The summed E-state index contributed by atoms with van der Waals surface area (Å²) in [6.07, 6.45) is 7.69. The van der Waals surface area contributed by atoms with E-state index in [-0.39, 0.29) is 0 Å². The van der Waals surface area contributed by atoms with Crippen molar-refractivity contribution >= 4 is 5.82 Å². The van der Waals surface area contributed by atoms with Crippen molar-refractivity contribution in [2.75, 3.05) is 11.4 Å². The van der Waals surface area contributed by atoms with Crippen LogP contribution >= 0.6 is 0 Å². The van der Waals surface area contributed by atoms with Gasteiger partial charge in [0.2, 0.25) is 0 Å². The van der Waals surface area contributed by atoms with Crippen LogP contribution in [0, 0.1) is 5.92 Å². The fraction of sp³-hybridized carbons (Fsp3) is 0.688. The Kier molecular flexibility index (Phi) is 3.74. The summed E-state index contributed by atoms with van der Waals surface area (Å²) < 4.78 is 0. The molecule has 0 bridgehead atoms. The molecule has 104 valence electrons. The van der Waals surface area contributed by atoms with E-state index in [1.54, 1.807) is 0 Å². The van der Waals surface area contributed by atoms with Crippen LogP contribution in [-0.4, -0.2) is 17.6 Å². The number of hydrogen-bond donors (Lipinski definition) is 1. The van der Waals surface area contributed by atoms with Gasteiger partial charge in [0.1, 0.15) is 5.82 Å². The molecule has 0 aliphatic heterocycles. The highest BCUT2D eigenvalue weighted by Gasteiger charge is 2.34. The lowest BCUT2D eigenvalue weighted by molar-refractivity contribution is 0.704. The summed E-state index contributed by atoms with van der Waals surface area (Å²) in [7, 11) is 0. The average Bonchev–Trinajstić information content (AvgIpc) is 3.28. The number of nitrogens with zero attached hydrogens (tertiary/aromatic N) is 2. The van der Waals surface area contributed by atoms with E-state index in [0.717, 1.165) is 24.8 Å². The van der Waals surface area contributed by atoms with E-state index in [1.807, 2.05) is 0 Å². The molecule has 0 saturated heterocycles. The van der Waals surface area contributed by atoms with Gasteiger partial charge in [0.15, 0.2) is 0 Å². The summed E-state index contributed by atoms with van der Waals surface area (Å²) in [5.41, 5.74) is 8.28. The maximum absolute atomic E-state index is 5.84. The third-order valence-electron chi connectivity index (χ3n) is 4.10. The predicted molar refractivity (Wildman–Crippen MR) is 79.2 cm³/mol. The molecule has 3 heteroatoms. The summed E-state index contributed by atoms with van der Waals surface area (Å²) in [5, 5.41) is 0. The number of aromatic nitrogens is 1. The van der Waals surface area contributed by atoms with Gasteiger partial charge in [-0.1, -0.05) is 13.3 Å². The quantitative estimate of drug-likeness (QED) is 0.818. The van der Waals surface area contributed by atoms with E-state index in [4.69, 9.17) is 10.7 Å². The van der Waals surface area contributed by atoms with Crippen LogP contribution in [0.4, 0.5) is 5.82 Å². The molecular formula is C16H25N3. The Labute approximate surface area is 116 Å². The SMILES string of the molecule is CCCc1cc(CN)cc(N(CC2CC2)C2CC2)n1. The molecule has 2 N–H and O–H groups in total. The first-order valence-corrected chi connectivity index (χ1v) is 7.76. The van der Waals surface area contributed by atoms with Crippen molar-refractivity contribution in [1.29, 1.82) is 0 Å². The molecule has 0 atom stereocenters. The minimum absolute atomic E-state index is 0.619. The van der Waals surface area contributed by atoms with Crippen molar-refractivity contribution in [1.82, 2.24) is 4.98 Å². The number of nitrogens with two attached hydrogens (primary N) is 1. The van der Waals surface area contributed by atoms with Crippen molar-refractivity contribution in [2.45, 2.75) is 58.0 Å². The number of pyridine rings is 1. The molecule has 3 rings (SSSR count). The first-order valence-electron chi connectivity index (χ1n) is 7.76. The molecular weight excluding hydrogens is 234 g/mol. The zero-order valence-corrected chi connectivity index (χ0v) is 11.9. The molecule has 2 fully saturated rings. The molecule has 1 heterocycles. The predicted octanol–water partition coefficient (Wildman–Crippen LogP) is 2.87. The summed E-state index contributed by atoms with van der Waals surface area (Å²) in [4.78, 5) is 7.44. The van der Waals surface area contributed by atoms with E-state index in [1.165, 1.54) is 49.3 Å². The molecule has 2 aliphatic carbocycles. The van der Waals surface area contributed by atoms with Crippen LogP contribution in [0.25, 0.3) is 0 Å². The average molecular weight is 259 g/mol. The van der Waals surface area contributed by atoms with Crippen molar-refractivity contribution in [3.05, 3.63) is 23.4 Å². The second-order valence-corrected chi connectivity index (χ2v) is 6.11. The van der Waals surface area contributed by atoms with Gasteiger partial charge in [-0.15, -0.1) is 0 Å². The molecule has 2 aliphatic rings. The van der Waals surface area contributed by atoms with Crippen LogP contribution in [-0.2, 0) is 13.0 Å². The summed E-state index contributed by atoms with van der Waals surface area (Å²) in [6.45, 7) is 4.03. The Hall–Kier alpha value is -1.09. The van der Waals surface area contributed by atoms with Gasteiger partial charge in [-0.2, -0.15) is 0 Å². The Morgan fingerprint density at radius 3 is 2.63 bits per heavy atom. The van der Waals surface area contributed by atoms with Crippen LogP contribution in [0.5, 0.6) is 0 Å². The molecule has 19 heavy (non-hydrogen) atoms. The van der Waals surface area contributed by atoms with Crippen LogP contribution in [0.1, 0.15) is 50.3 Å². The van der Waals surface area contributed by atoms with Crippen molar-refractivity contribution < 1.29 is 0 Å². The molecule has 0 amide bonds. The van der Waals surface area contributed by atoms with Gasteiger partial charge in [0, 0.05) is 24.8 Å². The van der Waals surface area contributed by atoms with Gasteiger partial charge in [0.05, 0.1) is 0 Å². The van der Waals surface area contributed by atoms with Crippen molar-refractivity contribution in [2.24, 2.45) is 11.7 Å². The third kappa shape index (κ3) is 3.27. The maximum Gasteiger partial charge on any atom is 0.129 e. The fourth-order valence-electron chi connectivity index (χ4n) is 2.68. The van der Waals surface area contributed by atoms with Crippen molar-refractivity contribution in [3.63, 3.8) is 0 Å². The molecule has 0 unspecified atom stereocenters. The van der Waals surface area contributed by atoms with Gasteiger partial charge in [-0.05, 0) is 55.7 Å². The highest BCUT2D eigenvalue weighted by atomic mass is 15.2. The summed E-state index contributed by atoms with van der Waals surface area (Å²) in [5.74, 6) is 2.10. The van der Waals surface area contributed by atoms with E-state index in [9.17, 15) is 0 Å². The molecule has 3 nitrogen and oxygen atoms in total. The largest absolute Gasteiger partial charge is 0.353 e. The maximum atomic E-state index is 5.84. The van der Waals surface area contributed by atoms with Crippen LogP contribution in [0.2, 0.25) is 0 Å². The minimum Gasteiger partial charge on any atom is -0.353 e. The number of anilines is 1. The number of hydrogen-bond acceptors (Lipinski definition) is 3. The number of aryl methyl sites for hydroxylation is 1. The van der Waals surface area contributed by atoms with Gasteiger partial charge in [-0.3, -0.25) is 0 Å². The van der Waals surface area contributed by atoms with E-state index >= 15 is 0 Å². The van der Waals surface area contributed by atoms with E-state index < -0.39 is 0 Å². The van der Waals surface area contributed by atoms with E-state index in [2.05, 4.69) is 24.0 Å². The van der Waals surface area contributed by atoms with E-state index in [0.29, 0.717) is 6.54 Å². The zero-order valence-electron chi connectivity index (χ0n) is 11.9. The summed E-state index contributed by atoms with van der Waals surface area (Å²) in [6, 6.07) is 5.13. The Morgan fingerprint density at radius 2 is 2.05 bits per heavy atom. The van der Waals surface area contributed by atoms with Gasteiger partial charge in [-0.25, -0.2) is 4.98 Å². The van der Waals surface area contributed by atoms with Crippen LogP contribution in [0.15, 0.2) is 12.1 Å². The number of rotatable bonds is 7. The fourth-order valence-corrected chi connectivity index (χ4v) is 2.68. The normalized spacial score (nSPS) is 18.6. The van der Waals surface area contributed by atoms with Gasteiger partial charge < -0.3 is 10.6 Å². The first kappa shape index (κ1) is 12.9. The second-order valence-electron chi connectivity index (χ2n) is 6.11. The molecule has 2 saturated carbocycles. The second kappa shape index (κ2) is 5.49. The molecule has 0 aromatic carbocycles. The zero-order chi connectivity index (χ0) is 13.2. The third-order valence-corrected chi connectivity index (χ3v) is 4.10. The topological polar surface area (TPSA) is 42.1 Å². The Morgan fingerprint density at radius 1 is 1.26 bits per heavy atom. The highest BCUT2D eigenvalue weighted by molar-refractivity contribution is 5.45. The smallest absolute Gasteiger partial charge is 0.129 e. The monoisotopic (exact) mass is 259 g/mol. The van der Waals surface area contributed by atoms with Gasteiger partial charge in [0.25, 0.3) is 0 Å². The van der Waals surface area contributed by atoms with Gasteiger partial charge >= 0.3 is 0 Å². The summed E-state index contributed by atoms with van der Waals surface area (Å²) >= 11 is 0. The Balaban J connectivity index is 1.84. The molecule has 0 spiro atoms.